The van der Waals surface area contributed by atoms with Gasteiger partial charge in [-0.2, -0.15) is 0 Å². The van der Waals surface area contributed by atoms with E-state index in [1.54, 1.807) is 6.07 Å². The van der Waals surface area contributed by atoms with Crippen LogP contribution in [0.15, 0.2) is 48.2 Å². The maximum Gasteiger partial charge on any atom is 0.229 e. The zero-order valence-electron chi connectivity index (χ0n) is 15.5. The molecule has 2 aromatic rings. The van der Waals surface area contributed by atoms with Gasteiger partial charge in [-0.1, -0.05) is 49.8 Å². The van der Waals surface area contributed by atoms with Gasteiger partial charge in [0, 0.05) is 11.6 Å². The van der Waals surface area contributed by atoms with E-state index in [2.05, 4.69) is 48.7 Å². The summed E-state index contributed by atoms with van der Waals surface area (Å²) in [6.07, 6.45) is 13.2. The molecule has 1 aromatic heterocycles. The summed E-state index contributed by atoms with van der Waals surface area (Å²) in [4.78, 5) is 3.17. The van der Waals surface area contributed by atoms with Crippen molar-refractivity contribution in [1.29, 1.82) is 0 Å². The Hall–Kier alpha value is -2.01. The lowest BCUT2D eigenvalue weighted by Gasteiger charge is -2.08. The molecule has 3 rings (SSSR count). The molecule has 0 saturated heterocycles. The average Bonchev–Trinajstić information content (AvgIpc) is 2.99. The minimum Gasteiger partial charge on any atom is -0.359 e. The summed E-state index contributed by atoms with van der Waals surface area (Å²) in [7, 11) is -3.26. The molecule has 136 valence electrons. The van der Waals surface area contributed by atoms with Crippen molar-refractivity contribution >= 4 is 26.6 Å². The normalized spacial score (nSPS) is 15.3. The third-order valence-corrected chi connectivity index (χ3v) is 5.00. The van der Waals surface area contributed by atoms with Crippen molar-refractivity contribution in [2.45, 2.75) is 46.0 Å². The molecule has 25 heavy (non-hydrogen) atoms. The van der Waals surface area contributed by atoms with Crippen molar-refractivity contribution in [2.24, 2.45) is 0 Å². The molecule has 0 radical (unpaired) electrons. The SMILES string of the molecule is CC1=CC=CCC1.CCC(C)c1c[nH]c2c(NS(C)(=O)=O)cccc12. The van der Waals surface area contributed by atoms with E-state index in [4.69, 9.17) is 0 Å². The van der Waals surface area contributed by atoms with Gasteiger partial charge >= 0.3 is 0 Å². The summed E-state index contributed by atoms with van der Waals surface area (Å²) >= 11 is 0. The highest BCUT2D eigenvalue weighted by Crippen LogP contribution is 2.31. The van der Waals surface area contributed by atoms with Crippen LogP contribution in [0.4, 0.5) is 5.69 Å². The summed E-state index contributed by atoms with van der Waals surface area (Å²) in [5.41, 5.74) is 4.18. The molecule has 0 amide bonds. The highest BCUT2D eigenvalue weighted by Gasteiger charge is 2.13. The predicted octanol–water partition coefficient (Wildman–Crippen LogP) is 5.34. The van der Waals surface area contributed by atoms with Gasteiger partial charge in [-0.25, -0.2) is 8.42 Å². The fraction of sp³-hybridized carbons (Fsp3) is 0.400. The zero-order valence-corrected chi connectivity index (χ0v) is 16.3. The average molecular weight is 361 g/mol. The maximum absolute atomic E-state index is 11.3. The summed E-state index contributed by atoms with van der Waals surface area (Å²) in [5.74, 6) is 0.451. The Kier molecular flexibility index (Phi) is 6.48. The smallest absolute Gasteiger partial charge is 0.229 e. The summed E-state index contributed by atoms with van der Waals surface area (Å²) in [5, 5.41) is 1.08. The van der Waals surface area contributed by atoms with E-state index in [1.807, 2.05) is 18.3 Å². The van der Waals surface area contributed by atoms with Gasteiger partial charge in [-0.3, -0.25) is 4.72 Å². The second-order valence-electron chi connectivity index (χ2n) is 6.64. The predicted molar refractivity (Wildman–Crippen MR) is 108 cm³/mol. The van der Waals surface area contributed by atoms with Crippen molar-refractivity contribution in [3.8, 4) is 0 Å². The van der Waals surface area contributed by atoms with Gasteiger partial charge < -0.3 is 4.98 Å². The van der Waals surface area contributed by atoms with Crippen molar-refractivity contribution in [3.05, 3.63) is 53.8 Å². The Morgan fingerprint density at radius 1 is 1.32 bits per heavy atom. The van der Waals surface area contributed by atoms with E-state index in [0.29, 0.717) is 11.6 Å². The van der Waals surface area contributed by atoms with Crippen molar-refractivity contribution in [3.63, 3.8) is 0 Å². The first-order chi connectivity index (χ1) is 11.8. The second kappa shape index (κ2) is 8.39. The van der Waals surface area contributed by atoms with E-state index in [1.165, 1.54) is 24.0 Å². The van der Waals surface area contributed by atoms with Crippen LogP contribution in [-0.2, 0) is 10.0 Å². The number of hydrogen-bond acceptors (Lipinski definition) is 2. The highest BCUT2D eigenvalue weighted by molar-refractivity contribution is 7.92. The van der Waals surface area contributed by atoms with Crippen LogP contribution in [0.25, 0.3) is 10.9 Å². The molecular weight excluding hydrogens is 332 g/mol. The van der Waals surface area contributed by atoms with Crippen molar-refractivity contribution in [2.75, 3.05) is 11.0 Å². The minimum absolute atomic E-state index is 0.451. The largest absolute Gasteiger partial charge is 0.359 e. The Labute approximate surface area is 151 Å². The van der Waals surface area contributed by atoms with Crippen LogP contribution in [0, 0.1) is 0 Å². The number of hydrogen-bond donors (Lipinski definition) is 2. The summed E-state index contributed by atoms with van der Waals surface area (Å²) < 4.78 is 25.2. The van der Waals surface area contributed by atoms with Gasteiger partial charge in [0.15, 0.2) is 0 Å². The van der Waals surface area contributed by atoms with E-state index < -0.39 is 10.0 Å². The lowest BCUT2D eigenvalue weighted by molar-refractivity contribution is 0.607. The van der Waals surface area contributed by atoms with Crippen LogP contribution in [0.5, 0.6) is 0 Å². The quantitative estimate of drug-likeness (QED) is 0.773. The zero-order chi connectivity index (χ0) is 18.4. The summed E-state index contributed by atoms with van der Waals surface area (Å²) in [6.45, 7) is 6.48. The molecular formula is C20H28N2O2S. The maximum atomic E-state index is 11.3. The topological polar surface area (TPSA) is 62.0 Å². The molecule has 0 fully saturated rings. The molecule has 1 aliphatic carbocycles. The number of H-pyrrole nitrogens is 1. The lowest BCUT2D eigenvalue weighted by atomic mass is 9.98. The van der Waals surface area contributed by atoms with E-state index in [-0.39, 0.29) is 0 Å². The van der Waals surface area contributed by atoms with Crippen LogP contribution in [0.3, 0.4) is 0 Å². The number of para-hydroxylation sites is 1. The molecule has 1 aliphatic rings. The van der Waals surface area contributed by atoms with Gasteiger partial charge in [0.05, 0.1) is 17.5 Å². The fourth-order valence-corrected chi connectivity index (χ4v) is 3.38. The number of aromatic amines is 1. The Balaban J connectivity index is 0.000000269. The van der Waals surface area contributed by atoms with Crippen LogP contribution in [0.2, 0.25) is 0 Å². The van der Waals surface area contributed by atoms with Crippen LogP contribution < -0.4 is 4.72 Å². The molecule has 0 bridgehead atoms. The molecule has 5 heteroatoms. The Morgan fingerprint density at radius 3 is 2.60 bits per heavy atom. The third-order valence-electron chi connectivity index (χ3n) is 4.41. The molecule has 0 aliphatic heterocycles. The minimum atomic E-state index is -3.26. The number of fused-ring (bicyclic) bond motifs is 1. The van der Waals surface area contributed by atoms with Crippen molar-refractivity contribution < 1.29 is 8.42 Å². The van der Waals surface area contributed by atoms with Crippen LogP contribution >= 0.6 is 0 Å². The number of anilines is 1. The number of allylic oxidation sites excluding steroid dienone is 4. The van der Waals surface area contributed by atoms with E-state index in [0.717, 1.165) is 23.6 Å². The molecule has 1 atom stereocenters. The first-order valence-corrected chi connectivity index (χ1v) is 10.6. The lowest BCUT2D eigenvalue weighted by Crippen LogP contribution is -2.09. The van der Waals surface area contributed by atoms with Crippen LogP contribution in [-0.4, -0.2) is 19.7 Å². The van der Waals surface area contributed by atoms with Gasteiger partial charge in [-0.15, -0.1) is 0 Å². The Morgan fingerprint density at radius 2 is 2.08 bits per heavy atom. The van der Waals surface area contributed by atoms with E-state index in [9.17, 15) is 8.42 Å². The molecule has 1 heterocycles. The van der Waals surface area contributed by atoms with Crippen molar-refractivity contribution in [1.82, 2.24) is 4.98 Å². The van der Waals surface area contributed by atoms with E-state index >= 15 is 0 Å². The molecule has 1 aromatic carbocycles. The number of nitrogens with one attached hydrogen (secondary N) is 2. The molecule has 0 spiro atoms. The first kappa shape index (κ1) is 19.3. The van der Waals surface area contributed by atoms with Crippen LogP contribution in [0.1, 0.15) is 51.5 Å². The number of rotatable bonds is 4. The first-order valence-electron chi connectivity index (χ1n) is 8.72. The van der Waals surface area contributed by atoms with Gasteiger partial charge in [-0.05, 0) is 43.7 Å². The molecule has 2 N–H and O–H groups in total. The summed E-state index contributed by atoms with van der Waals surface area (Å²) in [6, 6.07) is 5.65. The fourth-order valence-electron chi connectivity index (χ4n) is 2.81. The molecule has 1 unspecified atom stereocenters. The monoisotopic (exact) mass is 360 g/mol. The second-order valence-corrected chi connectivity index (χ2v) is 8.38. The standard InChI is InChI=1S/C13H18N2O2S.C7H10/c1-4-9(2)11-8-14-13-10(11)6-5-7-12(13)15-18(3,16)17;1-7-5-3-2-4-6-7/h5-9,14-15H,4H2,1-3H3;2-3,5H,4,6H2,1H3. The van der Waals surface area contributed by atoms with Gasteiger partial charge in [0.1, 0.15) is 0 Å². The number of benzene rings is 1. The van der Waals surface area contributed by atoms with Gasteiger partial charge in [0.2, 0.25) is 10.0 Å². The van der Waals surface area contributed by atoms with Gasteiger partial charge in [0.25, 0.3) is 0 Å². The highest BCUT2D eigenvalue weighted by atomic mass is 32.2. The Bertz CT molecular complexity index is 876. The molecule has 0 saturated carbocycles. The third kappa shape index (κ3) is 5.49. The number of aromatic nitrogens is 1. The number of sulfonamides is 1. The molecule has 4 nitrogen and oxygen atoms in total.